The number of nitrogens with one attached hydrogen (secondary N) is 2. The minimum Gasteiger partial charge on any atom is -0.356 e. The number of likely N-dealkylation sites (N-methyl/N-ethyl adjacent to an activating group) is 1. The Balaban J connectivity index is 0.00000529. The summed E-state index contributed by atoms with van der Waals surface area (Å²) >= 11 is 0. The van der Waals surface area contributed by atoms with Gasteiger partial charge in [0.15, 0.2) is 5.96 Å². The van der Waals surface area contributed by atoms with Crippen molar-refractivity contribution in [2.24, 2.45) is 4.99 Å². The molecule has 2 N–H and O–H groups in total. The zero-order chi connectivity index (χ0) is 17.2. The number of aliphatic imine (C=N–C) groups is 1. The number of nitrogens with zero attached hydrogens (tertiary/aromatic N) is 2. The number of benzene rings is 1. The second kappa shape index (κ2) is 11.8. The van der Waals surface area contributed by atoms with Crippen LogP contribution in [0.25, 0.3) is 0 Å². The second-order valence-electron chi connectivity index (χ2n) is 5.57. The summed E-state index contributed by atoms with van der Waals surface area (Å²) in [5, 5.41) is 6.25. The molecule has 0 atom stereocenters. The van der Waals surface area contributed by atoms with E-state index in [2.05, 4.69) is 22.2 Å². The molecule has 1 aromatic carbocycles. The first-order valence-corrected chi connectivity index (χ1v) is 7.49. The van der Waals surface area contributed by atoms with Gasteiger partial charge >= 0.3 is 0 Å². The molecule has 0 radical (unpaired) electrons. The van der Waals surface area contributed by atoms with Crippen LogP contribution in [0.1, 0.15) is 12.5 Å². The van der Waals surface area contributed by atoms with E-state index in [1.165, 1.54) is 17.0 Å². The van der Waals surface area contributed by atoms with Crippen molar-refractivity contribution in [1.82, 2.24) is 15.5 Å². The van der Waals surface area contributed by atoms with Crippen LogP contribution in [-0.2, 0) is 11.2 Å². The minimum atomic E-state index is -0.242. The Bertz CT molecular complexity index is 575. The number of carbonyl (C=O) groups excluding carboxylic acids is 1. The molecule has 0 bridgehead atoms. The van der Waals surface area contributed by atoms with Crippen LogP contribution in [0, 0.1) is 5.82 Å². The molecule has 0 unspecified atom stereocenters. The highest BCUT2D eigenvalue weighted by Gasteiger charge is 2.04. The largest absolute Gasteiger partial charge is 0.356 e. The maximum absolute atomic E-state index is 13.1. The second-order valence-corrected chi connectivity index (χ2v) is 5.57. The molecule has 1 rings (SSSR count). The number of rotatable bonds is 7. The Labute approximate surface area is 160 Å². The van der Waals surface area contributed by atoms with Crippen LogP contribution in [0.15, 0.2) is 41.4 Å². The highest BCUT2D eigenvalue weighted by molar-refractivity contribution is 14.0. The molecule has 0 fully saturated rings. The molecule has 5 nitrogen and oxygen atoms in total. The van der Waals surface area contributed by atoms with E-state index >= 15 is 0 Å². The van der Waals surface area contributed by atoms with Crippen molar-refractivity contribution < 1.29 is 9.18 Å². The van der Waals surface area contributed by atoms with Gasteiger partial charge in [-0.15, -0.1) is 24.0 Å². The first-order valence-electron chi connectivity index (χ1n) is 7.49. The van der Waals surface area contributed by atoms with E-state index in [-0.39, 0.29) is 42.2 Å². The van der Waals surface area contributed by atoms with Crippen LogP contribution in [0.5, 0.6) is 0 Å². The summed E-state index contributed by atoms with van der Waals surface area (Å²) in [6.45, 7) is 6.96. The molecule has 0 saturated heterocycles. The molecule has 0 aliphatic rings. The first-order chi connectivity index (χ1) is 10.9. The summed E-state index contributed by atoms with van der Waals surface area (Å²) in [6.07, 6.45) is 0.660. The molecular formula is C17H26FIN4O. The van der Waals surface area contributed by atoms with Gasteiger partial charge in [0, 0.05) is 27.2 Å². The van der Waals surface area contributed by atoms with Crippen molar-refractivity contribution in [2.75, 3.05) is 33.7 Å². The van der Waals surface area contributed by atoms with Crippen molar-refractivity contribution in [3.8, 4) is 0 Å². The third-order valence-electron chi connectivity index (χ3n) is 3.02. The van der Waals surface area contributed by atoms with Crippen molar-refractivity contribution in [3.63, 3.8) is 0 Å². The number of halogens is 2. The third-order valence-corrected chi connectivity index (χ3v) is 3.02. The Morgan fingerprint density at radius 1 is 1.33 bits per heavy atom. The van der Waals surface area contributed by atoms with Gasteiger partial charge < -0.3 is 15.5 Å². The highest BCUT2D eigenvalue weighted by Crippen LogP contribution is 2.03. The van der Waals surface area contributed by atoms with E-state index in [1.807, 2.05) is 13.0 Å². The van der Waals surface area contributed by atoms with Crippen molar-refractivity contribution in [3.05, 3.63) is 47.8 Å². The minimum absolute atomic E-state index is 0. The van der Waals surface area contributed by atoms with Gasteiger partial charge in [-0.05, 0) is 31.0 Å². The monoisotopic (exact) mass is 448 g/mol. The number of guanidine groups is 1. The van der Waals surface area contributed by atoms with Crippen LogP contribution in [0.2, 0.25) is 0 Å². The normalized spacial score (nSPS) is 10.6. The lowest BCUT2D eigenvalue weighted by Crippen LogP contribution is -2.40. The standard InChI is InChI=1S/C17H25FN4O.HI/c1-13(2)11-20-17(21-12-16(23)22(3)4)19-9-8-14-6-5-7-15(18)10-14;/h5-7,10H,1,8-9,11-12H2,2-4H3,(H2,19,20,21);1H. The van der Waals surface area contributed by atoms with Crippen molar-refractivity contribution >= 4 is 35.8 Å². The molecule has 1 amide bonds. The maximum Gasteiger partial charge on any atom is 0.243 e. The summed E-state index contributed by atoms with van der Waals surface area (Å²) in [6, 6.07) is 6.49. The summed E-state index contributed by atoms with van der Waals surface area (Å²) in [4.78, 5) is 17.4. The van der Waals surface area contributed by atoms with E-state index in [0.717, 1.165) is 11.1 Å². The molecule has 24 heavy (non-hydrogen) atoms. The summed E-state index contributed by atoms with van der Waals surface area (Å²) in [7, 11) is 3.38. The van der Waals surface area contributed by atoms with E-state index in [0.29, 0.717) is 25.5 Å². The van der Waals surface area contributed by atoms with Crippen LogP contribution < -0.4 is 10.6 Å². The van der Waals surface area contributed by atoms with Crippen LogP contribution in [-0.4, -0.2) is 50.5 Å². The van der Waals surface area contributed by atoms with Gasteiger partial charge in [-0.3, -0.25) is 4.79 Å². The van der Waals surface area contributed by atoms with Gasteiger partial charge in [-0.25, -0.2) is 9.38 Å². The molecule has 1 aromatic rings. The van der Waals surface area contributed by atoms with Gasteiger partial charge in [0.1, 0.15) is 12.4 Å². The smallest absolute Gasteiger partial charge is 0.243 e. The fraction of sp³-hybridized carbons (Fsp3) is 0.412. The van der Waals surface area contributed by atoms with E-state index in [9.17, 15) is 9.18 Å². The molecular weight excluding hydrogens is 422 g/mol. The number of hydrogen-bond donors (Lipinski definition) is 2. The molecule has 0 aromatic heterocycles. The molecule has 0 spiro atoms. The molecule has 0 aliphatic carbocycles. The van der Waals surface area contributed by atoms with Gasteiger partial charge in [-0.1, -0.05) is 24.3 Å². The lowest BCUT2D eigenvalue weighted by molar-refractivity contribution is -0.127. The average Bonchev–Trinajstić information content (AvgIpc) is 2.48. The summed E-state index contributed by atoms with van der Waals surface area (Å²) < 4.78 is 13.1. The predicted octanol–water partition coefficient (Wildman–Crippen LogP) is 2.19. The molecule has 7 heteroatoms. The fourth-order valence-electron chi connectivity index (χ4n) is 1.71. The number of carbonyl (C=O) groups is 1. The Morgan fingerprint density at radius 3 is 2.62 bits per heavy atom. The maximum atomic E-state index is 13.1. The molecule has 134 valence electrons. The van der Waals surface area contributed by atoms with Crippen LogP contribution in [0.4, 0.5) is 4.39 Å². The average molecular weight is 448 g/mol. The Hall–Kier alpha value is -1.64. The Kier molecular flexibility index (Phi) is 11.0. The van der Waals surface area contributed by atoms with Crippen molar-refractivity contribution in [1.29, 1.82) is 0 Å². The Morgan fingerprint density at radius 2 is 2.04 bits per heavy atom. The van der Waals surface area contributed by atoms with Crippen LogP contribution in [0.3, 0.4) is 0 Å². The van der Waals surface area contributed by atoms with Gasteiger partial charge in [0.05, 0.1) is 0 Å². The zero-order valence-corrected chi connectivity index (χ0v) is 16.8. The zero-order valence-electron chi connectivity index (χ0n) is 14.4. The lowest BCUT2D eigenvalue weighted by Gasteiger charge is -2.14. The van der Waals surface area contributed by atoms with Gasteiger partial charge in [0.2, 0.25) is 5.91 Å². The lowest BCUT2D eigenvalue weighted by atomic mass is 10.1. The molecule has 0 aliphatic heterocycles. The summed E-state index contributed by atoms with van der Waals surface area (Å²) in [5.41, 5.74) is 1.87. The quantitative estimate of drug-likeness (QED) is 0.291. The van der Waals surface area contributed by atoms with Gasteiger partial charge in [-0.2, -0.15) is 0 Å². The van der Waals surface area contributed by atoms with Crippen molar-refractivity contribution in [2.45, 2.75) is 13.3 Å². The summed E-state index contributed by atoms with van der Waals surface area (Å²) in [5.74, 6) is 0.222. The predicted molar refractivity (Wildman–Crippen MR) is 107 cm³/mol. The highest BCUT2D eigenvalue weighted by atomic mass is 127. The van der Waals surface area contributed by atoms with E-state index in [1.54, 1.807) is 20.2 Å². The van der Waals surface area contributed by atoms with E-state index in [4.69, 9.17) is 0 Å². The third kappa shape index (κ3) is 9.49. The molecule has 0 saturated carbocycles. The SMILES string of the molecule is C=C(C)CNC(=NCC(=O)N(C)C)NCCc1cccc(F)c1.I. The van der Waals surface area contributed by atoms with Gasteiger partial charge in [0.25, 0.3) is 0 Å². The van der Waals surface area contributed by atoms with Crippen LogP contribution >= 0.6 is 24.0 Å². The van der Waals surface area contributed by atoms with E-state index < -0.39 is 0 Å². The fourth-order valence-corrected chi connectivity index (χ4v) is 1.71. The number of amides is 1. The molecule has 0 heterocycles. The number of hydrogen-bond acceptors (Lipinski definition) is 2. The topological polar surface area (TPSA) is 56.7 Å². The first kappa shape index (κ1) is 22.4.